The number of esters is 2. The second-order valence-electron chi connectivity index (χ2n) is 8.08. The average molecular weight is 569 g/mol. The number of ether oxygens (including phenoxy) is 2. The second-order valence-corrected chi connectivity index (χ2v) is 10.8. The molecular weight excluding hydrogens is 544 g/mol. The second kappa shape index (κ2) is 11.9. The van der Waals surface area contributed by atoms with Gasteiger partial charge in [-0.2, -0.15) is 13.5 Å². The van der Waals surface area contributed by atoms with E-state index in [0.29, 0.717) is 0 Å². The molecule has 0 spiro atoms. The highest BCUT2D eigenvalue weighted by molar-refractivity contribution is 7.92. The molecule has 39 heavy (non-hydrogen) atoms. The lowest BCUT2D eigenvalue weighted by molar-refractivity contribution is -0.119. The molecule has 0 atom stereocenters. The number of rotatable bonds is 10. The van der Waals surface area contributed by atoms with Crippen molar-refractivity contribution in [3.63, 3.8) is 0 Å². The first-order valence-corrected chi connectivity index (χ1v) is 13.9. The van der Waals surface area contributed by atoms with E-state index in [1.54, 1.807) is 20.0 Å². The van der Waals surface area contributed by atoms with Crippen molar-refractivity contribution in [2.24, 2.45) is 7.05 Å². The van der Waals surface area contributed by atoms with Gasteiger partial charge in [0.15, 0.2) is 11.6 Å². The van der Waals surface area contributed by atoms with Gasteiger partial charge in [-0.05, 0) is 42.8 Å². The summed E-state index contributed by atoms with van der Waals surface area (Å²) < 4.78 is 38.9. The fraction of sp³-hybridized carbons (Fsp3) is 0.154. The smallest absolute Gasteiger partial charge is 0.341 e. The van der Waals surface area contributed by atoms with Crippen molar-refractivity contribution in [1.29, 1.82) is 0 Å². The van der Waals surface area contributed by atoms with Crippen molar-refractivity contribution < 1.29 is 32.3 Å². The molecule has 0 unspecified atom stereocenters. The molecule has 0 aliphatic carbocycles. The van der Waals surface area contributed by atoms with Crippen LogP contribution in [0.25, 0.3) is 10.4 Å². The maximum absolute atomic E-state index is 12.6. The Morgan fingerprint density at radius 2 is 1.74 bits per heavy atom. The van der Waals surface area contributed by atoms with Crippen LogP contribution in [-0.4, -0.2) is 49.3 Å². The SMILES string of the molecule is CCOC(=O)c1cc(-c2ccccc2)sc1NC(=O)COC(=O)c1cccc(NS(=O)(=O)c2ccn(C)n2)c1. The van der Waals surface area contributed by atoms with E-state index in [2.05, 4.69) is 15.1 Å². The van der Waals surface area contributed by atoms with Crippen LogP contribution in [0.15, 0.2) is 78.0 Å². The molecule has 1 amide bonds. The number of sulfonamides is 1. The van der Waals surface area contributed by atoms with Crippen LogP contribution in [0.2, 0.25) is 0 Å². The Bertz CT molecular complexity index is 1610. The molecule has 2 aromatic carbocycles. The summed E-state index contributed by atoms with van der Waals surface area (Å²) in [5.74, 6) is -2.10. The van der Waals surface area contributed by atoms with E-state index in [-0.39, 0.29) is 33.4 Å². The highest BCUT2D eigenvalue weighted by Gasteiger charge is 2.21. The minimum absolute atomic E-state index is 0.0266. The van der Waals surface area contributed by atoms with Crippen LogP contribution < -0.4 is 10.0 Å². The van der Waals surface area contributed by atoms with E-state index in [1.165, 1.54) is 52.5 Å². The van der Waals surface area contributed by atoms with Gasteiger partial charge in [-0.3, -0.25) is 14.2 Å². The lowest BCUT2D eigenvalue weighted by atomic mass is 10.1. The molecule has 0 saturated heterocycles. The van der Waals surface area contributed by atoms with Gasteiger partial charge < -0.3 is 14.8 Å². The summed E-state index contributed by atoms with van der Waals surface area (Å²) >= 11 is 1.19. The fourth-order valence-electron chi connectivity index (χ4n) is 3.42. The maximum Gasteiger partial charge on any atom is 0.341 e. The number of aryl methyl sites for hydroxylation is 1. The first-order chi connectivity index (χ1) is 18.7. The molecule has 0 radical (unpaired) electrons. The number of thiophene rings is 1. The minimum Gasteiger partial charge on any atom is -0.462 e. The van der Waals surface area contributed by atoms with Gasteiger partial charge in [0.25, 0.3) is 15.9 Å². The van der Waals surface area contributed by atoms with Crippen LogP contribution in [0.3, 0.4) is 0 Å². The van der Waals surface area contributed by atoms with E-state index in [1.807, 2.05) is 30.3 Å². The molecule has 2 heterocycles. The Morgan fingerprint density at radius 3 is 2.44 bits per heavy atom. The summed E-state index contributed by atoms with van der Waals surface area (Å²) in [5, 5.41) is 6.56. The van der Waals surface area contributed by atoms with E-state index >= 15 is 0 Å². The molecule has 202 valence electrons. The van der Waals surface area contributed by atoms with Crippen molar-refractivity contribution in [2.75, 3.05) is 23.3 Å². The van der Waals surface area contributed by atoms with Crippen molar-refractivity contribution in [3.05, 3.63) is 84.1 Å². The third-order valence-corrected chi connectivity index (χ3v) is 7.56. The first-order valence-electron chi connectivity index (χ1n) is 11.6. The van der Waals surface area contributed by atoms with Crippen LogP contribution in [0, 0.1) is 0 Å². The van der Waals surface area contributed by atoms with Crippen LogP contribution in [0.5, 0.6) is 0 Å². The lowest BCUT2D eigenvalue weighted by Gasteiger charge is -2.09. The quantitative estimate of drug-likeness (QED) is 0.274. The third-order valence-electron chi connectivity index (χ3n) is 5.19. The molecule has 0 aliphatic rings. The van der Waals surface area contributed by atoms with Gasteiger partial charge >= 0.3 is 11.9 Å². The standard InChI is InChI=1S/C26H24N4O7S2/c1-3-36-26(33)20-15-21(17-8-5-4-6-9-17)38-24(20)27-22(31)16-37-25(32)18-10-7-11-19(14-18)29-39(34,35)23-12-13-30(2)28-23/h4-15,29H,3,16H2,1-2H3,(H,27,31). The number of nitrogens with one attached hydrogen (secondary N) is 2. The molecule has 4 rings (SSSR count). The van der Waals surface area contributed by atoms with E-state index in [9.17, 15) is 22.8 Å². The van der Waals surface area contributed by atoms with Crippen LogP contribution in [0.4, 0.5) is 10.7 Å². The number of anilines is 2. The van der Waals surface area contributed by atoms with Crippen LogP contribution in [-0.2, 0) is 31.3 Å². The highest BCUT2D eigenvalue weighted by Crippen LogP contribution is 2.36. The molecule has 2 aromatic heterocycles. The van der Waals surface area contributed by atoms with Gasteiger partial charge in [0.1, 0.15) is 5.00 Å². The summed E-state index contributed by atoms with van der Waals surface area (Å²) in [5.41, 5.74) is 1.19. The summed E-state index contributed by atoms with van der Waals surface area (Å²) in [6.07, 6.45) is 1.49. The van der Waals surface area contributed by atoms with Gasteiger partial charge in [-0.25, -0.2) is 9.59 Å². The first kappa shape index (κ1) is 27.5. The van der Waals surface area contributed by atoms with Gasteiger partial charge in [0.2, 0.25) is 0 Å². The zero-order valence-electron chi connectivity index (χ0n) is 20.9. The van der Waals surface area contributed by atoms with Crippen LogP contribution in [0.1, 0.15) is 27.6 Å². The number of hydrogen-bond donors (Lipinski definition) is 2. The molecule has 0 saturated carbocycles. The largest absolute Gasteiger partial charge is 0.462 e. The normalized spacial score (nSPS) is 11.0. The molecule has 0 bridgehead atoms. The molecular formula is C26H24N4O7S2. The number of benzene rings is 2. The van der Waals surface area contributed by atoms with Gasteiger partial charge in [-0.1, -0.05) is 36.4 Å². The predicted molar refractivity (Wildman–Crippen MR) is 145 cm³/mol. The Hall–Kier alpha value is -4.49. The Morgan fingerprint density at radius 1 is 0.974 bits per heavy atom. The topological polar surface area (TPSA) is 146 Å². The Labute approximate surface area is 228 Å². The van der Waals surface area contributed by atoms with Gasteiger partial charge in [0.05, 0.1) is 17.7 Å². The van der Waals surface area contributed by atoms with Gasteiger partial charge in [-0.15, -0.1) is 11.3 Å². The number of carbonyl (C=O) groups is 3. The third kappa shape index (κ3) is 6.89. The summed E-state index contributed by atoms with van der Waals surface area (Å²) in [7, 11) is -2.38. The lowest BCUT2D eigenvalue weighted by Crippen LogP contribution is -2.21. The Kier molecular flexibility index (Phi) is 8.42. The van der Waals surface area contributed by atoms with Crippen LogP contribution >= 0.6 is 11.3 Å². The number of nitrogens with zero attached hydrogens (tertiary/aromatic N) is 2. The van der Waals surface area contributed by atoms with Crippen molar-refractivity contribution in [1.82, 2.24) is 9.78 Å². The summed E-state index contributed by atoms with van der Waals surface area (Å²) in [4.78, 5) is 38.4. The fourth-order valence-corrected chi connectivity index (χ4v) is 5.51. The van der Waals surface area contributed by atoms with Crippen molar-refractivity contribution >= 4 is 49.9 Å². The zero-order chi connectivity index (χ0) is 28.0. The molecule has 0 aliphatic heterocycles. The monoisotopic (exact) mass is 568 g/mol. The molecule has 13 heteroatoms. The number of carbonyl (C=O) groups excluding carboxylic acids is 3. The van der Waals surface area contributed by atoms with E-state index < -0.39 is 34.5 Å². The number of hydrogen-bond acceptors (Lipinski definition) is 9. The number of aromatic nitrogens is 2. The summed E-state index contributed by atoms with van der Waals surface area (Å²) in [6, 6.07) is 17.9. The van der Waals surface area contributed by atoms with Gasteiger partial charge in [0, 0.05) is 23.8 Å². The van der Waals surface area contributed by atoms with E-state index in [0.717, 1.165) is 10.4 Å². The Balaban J connectivity index is 1.42. The molecule has 2 N–H and O–H groups in total. The summed E-state index contributed by atoms with van der Waals surface area (Å²) in [6.45, 7) is 1.21. The highest BCUT2D eigenvalue weighted by atomic mass is 32.2. The maximum atomic E-state index is 12.6. The number of amides is 1. The van der Waals surface area contributed by atoms with Crippen molar-refractivity contribution in [3.8, 4) is 10.4 Å². The average Bonchev–Trinajstić information content (AvgIpc) is 3.55. The predicted octanol–water partition coefficient (Wildman–Crippen LogP) is 3.92. The molecule has 11 nitrogen and oxygen atoms in total. The van der Waals surface area contributed by atoms with Crippen molar-refractivity contribution in [2.45, 2.75) is 11.9 Å². The molecule has 0 fully saturated rings. The minimum atomic E-state index is -3.96. The zero-order valence-corrected chi connectivity index (χ0v) is 22.5. The molecule has 4 aromatic rings. The van der Waals surface area contributed by atoms with E-state index in [4.69, 9.17) is 9.47 Å².